The second-order valence-electron chi connectivity index (χ2n) is 4.67. The van der Waals surface area contributed by atoms with Gasteiger partial charge in [-0.2, -0.15) is 0 Å². The number of ether oxygens (including phenoxy) is 1. The molecular formula is C10H19NO3S. The van der Waals surface area contributed by atoms with Gasteiger partial charge in [-0.15, -0.1) is 0 Å². The Labute approximate surface area is 91.3 Å². The lowest BCUT2D eigenvalue weighted by atomic mass is 9.97. The lowest BCUT2D eigenvalue weighted by Gasteiger charge is -2.31. The zero-order valence-corrected chi connectivity index (χ0v) is 9.92. The molecule has 0 amide bonds. The lowest BCUT2D eigenvalue weighted by molar-refractivity contribution is -0.0365. The molecule has 3 atom stereocenters. The van der Waals surface area contributed by atoms with E-state index in [0.717, 1.165) is 19.5 Å². The maximum absolute atomic E-state index is 11.3. The van der Waals surface area contributed by atoms with Gasteiger partial charge >= 0.3 is 0 Å². The third-order valence-electron chi connectivity index (χ3n) is 3.31. The minimum absolute atomic E-state index is 0.0673. The van der Waals surface area contributed by atoms with Gasteiger partial charge in [0.05, 0.1) is 23.7 Å². The fraction of sp³-hybridized carbons (Fsp3) is 1.00. The van der Waals surface area contributed by atoms with Crippen molar-refractivity contribution in [3.63, 3.8) is 0 Å². The highest BCUT2D eigenvalue weighted by Crippen LogP contribution is 2.21. The van der Waals surface area contributed by atoms with Crippen LogP contribution >= 0.6 is 0 Å². The highest BCUT2D eigenvalue weighted by Gasteiger charge is 2.32. The van der Waals surface area contributed by atoms with Crippen molar-refractivity contribution < 1.29 is 13.2 Å². The molecule has 3 unspecified atom stereocenters. The Morgan fingerprint density at radius 3 is 2.73 bits per heavy atom. The minimum Gasteiger partial charge on any atom is -0.372 e. The first-order valence-corrected chi connectivity index (χ1v) is 7.45. The molecule has 0 aromatic heterocycles. The fourth-order valence-electron chi connectivity index (χ4n) is 2.26. The zero-order chi connectivity index (χ0) is 10.9. The second kappa shape index (κ2) is 4.39. The van der Waals surface area contributed by atoms with Crippen LogP contribution in [0.5, 0.6) is 0 Å². The highest BCUT2D eigenvalue weighted by atomic mass is 32.2. The lowest BCUT2D eigenvalue weighted by Crippen LogP contribution is -2.43. The summed E-state index contributed by atoms with van der Waals surface area (Å²) in [6.45, 7) is 4.08. The Morgan fingerprint density at radius 2 is 2.13 bits per heavy atom. The normalized spacial score (nSPS) is 40.5. The van der Waals surface area contributed by atoms with Crippen LogP contribution in [0.1, 0.15) is 19.8 Å². The summed E-state index contributed by atoms with van der Waals surface area (Å²) in [5.74, 6) is 1.05. The summed E-state index contributed by atoms with van der Waals surface area (Å²) >= 11 is 0. The Balaban J connectivity index is 1.86. The van der Waals surface area contributed by atoms with Crippen molar-refractivity contribution in [2.24, 2.45) is 5.92 Å². The van der Waals surface area contributed by atoms with E-state index >= 15 is 0 Å². The third-order valence-corrected chi connectivity index (χ3v) is 5.05. The molecule has 2 heterocycles. The van der Waals surface area contributed by atoms with E-state index < -0.39 is 9.84 Å². The van der Waals surface area contributed by atoms with E-state index in [-0.39, 0.29) is 18.0 Å². The van der Waals surface area contributed by atoms with E-state index in [1.807, 2.05) is 0 Å². The van der Waals surface area contributed by atoms with E-state index in [9.17, 15) is 8.42 Å². The number of nitrogens with one attached hydrogen (secondary N) is 1. The SMILES string of the molecule is CC1CCNCC1OC1CCS(=O)(=O)C1. The summed E-state index contributed by atoms with van der Waals surface area (Å²) < 4.78 is 28.4. The molecular weight excluding hydrogens is 214 g/mol. The summed E-state index contributed by atoms with van der Waals surface area (Å²) in [4.78, 5) is 0. The number of rotatable bonds is 2. The van der Waals surface area contributed by atoms with Gasteiger partial charge in [-0.25, -0.2) is 8.42 Å². The monoisotopic (exact) mass is 233 g/mol. The van der Waals surface area contributed by atoms with Crippen molar-refractivity contribution in [1.29, 1.82) is 0 Å². The topological polar surface area (TPSA) is 55.4 Å². The predicted molar refractivity (Wildman–Crippen MR) is 58.6 cm³/mol. The van der Waals surface area contributed by atoms with Gasteiger partial charge in [0.1, 0.15) is 0 Å². The van der Waals surface area contributed by atoms with Crippen LogP contribution in [0.3, 0.4) is 0 Å². The van der Waals surface area contributed by atoms with Gasteiger partial charge < -0.3 is 10.1 Å². The molecule has 1 N–H and O–H groups in total. The van der Waals surface area contributed by atoms with Gasteiger partial charge in [-0.3, -0.25) is 0 Å². The average molecular weight is 233 g/mol. The van der Waals surface area contributed by atoms with E-state index in [1.165, 1.54) is 0 Å². The van der Waals surface area contributed by atoms with E-state index in [2.05, 4.69) is 12.2 Å². The second-order valence-corrected chi connectivity index (χ2v) is 6.90. The molecule has 0 radical (unpaired) electrons. The number of hydrogen-bond acceptors (Lipinski definition) is 4. The molecule has 4 nitrogen and oxygen atoms in total. The first-order valence-electron chi connectivity index (χ1n) is 5.63. The van der Waals surface area contributed by atoms with Gasteiger partial charge in [-0.1, -0.05) is 6.92 Å². The first-order chi connectivity index (χ1) is 7.07. The maximum Gasteiger partial charge on any atom is 0.152 e. The predicted octanol–water partition coefficient (Wildman–Crippen LogP) is 0.188. The van der Waals surface area contributed by atoms with Gasteiger partial charge in [0.25, 0.3) is 0 Å². The van der Waals surface area contributed by atoms with Crippen molar-refractivity contribution in [2.75, 3.05) is 24.6 Å². The van der Waals surface area contributed by atoms with Gasteiger partial charge in [0.2, 0.25) is 0 Å². The van der Waals surface area contributed by atoms with Gasteiger partial charge in [-0.05, 0) is 25.3 Å². The smallest absolute Gasteiger partial charge is 0.152 e. The molecule has 0 aromatic carbocycles. The Morgan fingerprint density at radius 1 is 1.33 bits per heavy atom. The van der Waals surface area contributed by atoms with Crippen molar-refractivity contribution in [3.05, 3.63) is 0 Å². The molecule has 0 aliphatic carbocycles. The van der Waals surface area contributed by atoms with Crippen LogP contribution in [-0.2, 0) is 14.6 Å². The fourth-order valence-corrected chi connectivity index (χ4v) is 3.86. The quantitative estimate of drug-likeness (QED) is 0.739. The average Bonchev–Trinajstić information content (AvgIpc) is 2.50. The molecule has 2 aliphatic rings. The highest BCUT2D eigenvalue weighted by molar-refractivity contribution is 7.91. The molecule has 2 aliphatic heterocycles. The molecule has 15 heavy (non-hydrogen) atoms. The van der Waals surface area contributed by atoms with Gasteiger partial charge in [0, 0.05) is 6.54 Å². The Bertz CT molecular complexity index is 315. The van der Waals surface area contributed by atoms with Crippen LogP contribution < -0.4 is 5.32 Å². The van der Waals surface area contributed by atoms with Crippen molar-refractivity contribution in [2.45, 2.75) is 32.0 Å². The van der Waals surface area contributed by atoms with Crippen molar-refractivity contribution >= 4 is 9.84 Å². The summed E-state index contributed by atoms with van der Waals surface area (Å²) in [6, 6.07) is 0. The molecule has 2 saturated heterocycles. The van der Waals surface area contributed by atoms with Crippen LogP contribution in [-0.4, -0.2) is 45.2 Å². The zero-order valence-electron chi connectivity index (χ0n) is 9.11. The summed E-state index contributed by atoms with van der Waals surface area (Å²) in [5, 5.41) is 3.29. The third kappa shape index (κ3) is 2.92. The number of hydrogen-bond donors (Lipinski definition) is 1. The molecule has 0 spiro atoms. The van der Waals surface area contributed by atoms with Crippen LogP contribution in [0.25, 0.3) is 0 Å². The molecule has 0 saturated carbocycles. The largest absolute Gasteiger partial charge is 0.372 e. The van der Waals surface area contributed by atoms with Gasteiger partial charge in [0.15, 0.2) is 9.84 Å². The number of piperidine rings is 1. The van der Waals surface area contributed by atoms with E-state index in [0.29, 0.717) is 18.1 Å². The van der Waals surface area contributed by atoms with Crippen molar-refractivity contribution in [1.82, 2.24) is 5.32 Å². The molecule has 5 heteroatoms. The molecule has 2 fully saturated rings. The standard InChI is InChI=1S/C10H19NO3S/c1-8-2-4-11-6-10(8)14-9-3-5-15(12,13)7-9/h8-11H,2-7H2,1H3. The van der Waals surface area contributed by atoms with Crippen molar-refractivity contribution in [3.8, 4) is 0 Å². The maximum atomic E-state index is 11.3. The van der Waals surface area contributed by atoms with E-state index in [4.69, 9.17) is 4.74 Å². The summed E-state index contributed by atoms with van der Waals surface area (Å²) in [6.07, 6.45) is 1.91. The van der Waals surface area contributed by atoms with Crippen LogP contribution in [0.4, 0.5) is 0 Å². The number of sulfone groups is 1. The Kier molecular flexibility index (Phi) is 3.33. The first kappa shape index (κ1) is 11.4. The van der Waals surface area contributed by atoms with Crippen LogP contribution in [0.2, 0.25) is 0 Å². The molecule has 0 bridgehead atoms. The summed E-state index contributed by atoms with van der Waals surface area (Å²) in [7, 11) is -2.81. The Hall–Kier alpha value is -0.130. The minimum atomic E-state index is -2.81. The molecule has 0 aromatic rings. The van der Waals surface area contributed by atoms with Crippen LogP contribution in [0.15, 0.2) is 0 Å². The molecule has 2 rings (SSSR count). The summed E-state index contributed by atoms with van der Waals surface area (Å²) in [5.41, 5.74) is 0. The van der Waals surface area contributed by atoms with Crippen LogP contribution in [0, 0.1) is 5.92 Å². The van der Waals surface area contributed by atoms with E-state index in [1.54, 1.807) is 0 Å². The molecule has 88 valence electrons.